The number of aliphatic hydroxyl groups is 1. The largest absolute Gasteiger partial charge is 0.396 e. The van der Waals surface area contributed by atoms with E-state index in [0.29, 0.717) is 17.7 Å². The highest BCUT2D eigenvalue weighted by atomic mass is 16.3. The van der Waals surface area contributed by atoms with E-state index >= 15 is 0 Å². The molecule has 0 spiro atoms. The molecule has 1 aromatic rings. The highest BCUT2D eigenvalue weighted by Gasteiger charge is 2.34. The van der Waals surface area contributed by atoms with Crippen molar-refractivity contribution in [1.82, 2.24) is 4.90 Å². The van der Waals surface area contributed by atoms with Crippen LogP contribution in [-0.4, -0.2) is 35.0 Å². The lowest BCUT2D eigenvalue weighted by Gasteiger charge is -2.13. The lowest BCUT2D eigenvalue weighted by atomic mass is 10.1. The van der Waals surface area contributed by atoms with Crippen LogP contribution in [0.15, 0.2) is 24.3 Å². The molecule has 0 radical (unpaired) electrons. The Labute approximate surface area is 106 Å². The summed E-state index contributed by atoms with van der Waals surface area (Å²) >= 11 is 0. The zero-order valence-corrected chi connectivity index (χ0v) is 10.3. The Morgan fingerprint density at radius 3 is 2.00 bits per heavy atom. The topological polar surface area (TPSA) is 57.6 Å². The van der Waals surface area contributed by atoms with Crippen LogP contribution in [0.3, 0.4) is 0 Å². The highest BCUT2D eigenvalue weighted by molar-refractivity contribution is 6.21. The summed E-state index contributed by atoms with van der Waals surface area (Å²) in [5.74, 6) is -0.365. The maximum absolute atomic E-state index is 12.0. The SMILES string of the molecule is O=C1c2ccccc2C(=O)N1CCCCCCO. The van der Waals surface area contributed by atoms with E-state index in [4.69, 9.17) is 5.11 Å². The number of carbonyl (C=O) groups excluding carboxylic acids is 2. The Morgan fingerprint density at radius 1 is 0.889 bits per heavy atom. The number of fused-ring (bicyclic) bond motifs is 1. The number of carbonyl (C=O) groups is 2. The molecule has 0 unspecified atom stereocenters. The molecule has 1 aromatic carbocycles. The molecule has 0 saturated carbocycles. The summed E-state index contributed by atoms with van der Waals surface area (Å²) in [6.07, 6.45) is 3.43. The molecule has 2 amide bonds. The highest BCUT2D eigenvalue weighted by Crippen LogP contribution is 2.22. The number of amides is 2. The standard InChI is InChI=1S/C14H17NO3/c16-10-6-2-1-5-9-15-13(17)11-7-3-4-8-12(11)14(15)18/h3-4,7-8,16H,1-2,5-6,9-10H2. The molecule has 96 valence electrons. The van der Waals surface area contributed by atoms with E-state index < -0.39 is 0 Å². The summed E-state index contributed by atoms with van der Waals surface area (Å²) in [5, 5.41) is 8.66. The first-order valence-electron chi connectivity index (χ1n) is 6.32. The summed E-state index contributed by atoms with van der Waals surface area (Å²) in [6.45, 7) is 0.671. The number of hydrogen-bond acceptors (Lipinski definition) is 3. The Hall–Kier alpha value is -1.68. The molecule has 1 heterocycles. The lowest BCUT2D eigenvalue weighted by molar-refractivity contribution is 0.0651. The van der Waals surface area contributed by atoms with E-state index in [2.05, 4.69) is 0 Å². The first kappa shape index (κ1) is 12.8. The van der Waals surface area contributed by atoms with Crippen LogP contribution in [0.1, 0.15) is 46.4 Å². The average Bonchev–Trinajstić information content (AvgIpc) is 2.64. The second kappa shape index (κ2) is 5.78. The van der Waals surface area contributed by atoms with Crippen molar-refractivity contribution >= 4 is 11.8 Å². The third-order valence-corrected chi connectivity index (χ3v) is 3.17. The van der Waals surface area contributed by atoms with E-state index in [1.54, 1.807) is 24.3 Å². The Kier molecular flexibility index (Phi) is 4.10. The number of nitrogens with zero attached hydrogens (tertiary/aromatic N) is 1. The number of rotatable bonds is 6. The van der Waals surface area contributed by atoms with Crippen molar-refractivity contribution in [2.24, 2.45) is 0 Å². The van der Waals surface area contributed by atoms with Crippen LogP contribution in [-0.2, 0) is 0 Å². The van der Waals surface area contributed by atoms with E-state index in [1.807, 2.05) is 0 Å². The predicted molar refractivity (Wildman–Crippen MR) is 67.4 cm³/mol. The molecule has 1 N–H and O–H groups in total. The van der Waals surface area contributed by atoms with E-state index in [1.165, 1.54) is 4.90 Å². The third kappa shape index (κ3) is 2.43. The van der Waals surface area contributed by atoms with Gasteiger partial charge in [0.15, 0.2) is 0 Å². The summed E-state index contributed by atoms with van der Waals surface area (Å²) in [5.41, 5.74) is 1.02. The van der Waals surface area contributed by atoms with E-state index in [0.717, 1.165) is 25.7 Å². The van der Waals surface area contributed by atoms with Crippen LogP contribution in [0.25, 0.3) is 0 Å². The number of unbranched alkanes of at least 4 members (excludes halogenated alkanes) is 3. The van der Waals surface area contributed by atoms with Gasteiger partial charge in [0.05, 0.1) is 11.1 Å². The Morgan fingerprint density at radius 2 is 1.44 bits per heavy atom. The van der Waals surface area contributed by atoms with Crippen LogP contribution >= 0.6 is 0 Å². The quantitative estimate of drug-likeness (QED) is 0.616. The number of hydrogen-bond donors (Lipinski definition) is 1. The number of benzene rings is 1. The van der Waals surface area contributed by atoms with Gasteiger partial charge in [0.2, 0.25) is 0 Å². The fourth-order valence-electron chi connectivity index (χ4n) is 2.18. The minimum atomic E-state index is -0.183. The molecule has 4 nitrogen and oxygen atoms in total. The summed E-state index contributed by atoms with van der Waals surface area (Å²) < 4.78 is 0. The molecular formula is C14H17NO3. The average molecular weight is 247 g/mol. The van der Waals surface area contributed by atoms with Gasteiger partial charge in [-0.3, -0.25) is 14.5 Å². The van der Waals surface area contributed by atoms with Crippen LogP contribution in [0.5, 0.6) is 0 Å². The van der Waals surface area contributed by atoms with Crippen molar-refractivity contribution in [3.8, 4) is 0 Å². The number of aliphatic hydroxyl groups excluding tert-OH is 1. The van der Waals surface area contributed by atoms with Crippen LogP contribution in [0.4, 0.5) is 0 Å². The normalized spacial score (nSPS) is 14.2. The predicted octanol–water partition coefficient (Wildman–Crippen LogP) is 1.84. The van der Waals surface area contributed by atoms with Gasteiger partial charge < -0.3 is 5.11 Å². The van der Waals surface area contributed by atoms with Gasteiger partial charge in [0, 0.05) is 13.2 Å². The minimum Gasteiger partial charge on any atom is -0.396 e. The summed E-state index contributed by atoms with van der Waals surface area (Å²) in [6, 6.07) is 6.94. The van der Waals surface area contributed by atoms with E-state index in [9.17, 15) is 9.59 Å². The zero-order valence-electron chi connectivity index (χ0n) is 10.3. The van der Waals surface area contributed by atoms with Gasteiger partial charge in [-0.2, -0.15) is 0 Å². The van der Waals surface area contributed by atoms with E-state index in [-0.39, 0.29) is 18.4 Å². The molecule has 18 heavy (non-hydrogen) atoms. The molecule has 4 heteroatoms. The molecule has 0 bridgehead atoms. The fraction of sp³-hybridized carbons (Fsp3) is 0.429. The van der Waals surface area contributed by atoms with Gasteiger partial charge >= 0.3 is 0 Å². The summed E-state index contributed by atoms with van der Waals surface area (Å²) in [4.78, 5) is 25.3. The van der Waals surface area contributed by atoms with Crippen molar-refractivity contribution in [3.63, 3.8) is 0 Å². The molecule has 0 aromatic heterocycles. The number of imide groups is 1. The van der Waals surface area contributed by atoms with Crippen LogP contribution in [0.2, 0.25) is 0 Å². The Balaban J connectivity index is 1.93. The lowest BCUT2D eigenvalue weighted by Crippen LogP contribution is -2.30. The minimum absolute atomic E-state index is 0.183. The van der Waals surface area contributed by atoms with Crippen molar-refractivity contribution in [2.75, 3.05) is 13.2 Å². The van der Waals surface area contributed by atoms with Crippen LogP contribution in [0, 0.1) is 0 Å². The zero-order chi connectivity index (χ0) is 13.0. The van der Waals surface area contributed by atoms with Crippen LogP contribution < -0.4 is 0 Å². The van der Waals surface area contributed by atoms with Gasteiger partial charge in [-0.25, -0.2) is 0 Å². The molecule has 0 aliphatic carbocycles. The van der Waals surface area contributed by atoms with Gasteiger partial charge in [-0.15, -0.1) is 0 Å². The molecule has 1 aliphatic rings. The molecule has 0 atom stereocenters. The second-order valence-electron chi connectivity index (χ2n) is 4.45. The first-order valence-corrected chi connectivity index (χ1v) is 6.32. The fourth-order valence-corrected chi connectivity index (χ4v) is 2.18. The van der Waals surface area contributed by atoms with Crippen molar-refractivity contribution in [2.45, 2.75) is 25.7 Å². The van der Waals surface area contributed by atoms with Crippen molar-refractivity contribution < 1.29 is 14.7 Å². The van der Waals surface area contributed by atoms with Gasteiger partial charge in [-0.05, 0) is 25.0 Å². The monoisotopic (exact) mass is 247 g/mol. The Bertz CT molecular complexity index is 421. The smallest absolute Gasteiger partial charge is 0.261 e. The molecule has 0 fully saturated rings. The summed E-state index contributed by atoms with van der Waals surface area (Å²) in [7, 11) is 0. The first-order chi connectivity index (χ1) is 8.75. The molecule has 0 saturated heterocycles. The van der Waals surface area contributed by atoms with Gasteiger partial charge in [-0.1, -0.05) is 25.0 Å². The van der Waals surface area contributed by atoms with Crippen molar-refractivity contribution in [3.05, 3.63) is 35.4 Å². The maximum Gasteiger partial charge on any atom is 0.261 e. The third-order valence-electron chi connectivity index (χ3n) is 3.17. The maximum atomic E-state index is 12.0. The molecular weight excluding hydrogens is 230 g/mol. The van der Waals surface area contributed by atoms with Gasteiger partial charge in [0.25, 0.3) is 11.8 Å². The van der Waals surface area contributed by atoms with Crippen molar-refractivity contribution in [1.29, 1.82) is 0 Å². The van der Waals surface area contributed by atoms with Gasteiger partial charge in [0.1, 0.15) is 0 Å². The second-order valence-corrected chi connectivity index (χ2v) is 4.45. The molecule has 1 aliphatic heterocycles. The molecule has 2 rings (SSSR count).